The summed E-state index contributed by atoms with van der Waals surface area (Å²) in [7, 11) is -1.55. The van der Waals surface area contributed by atoms with Gasteiger partial charge in [-0.05, 0) is 12.3 Å². The number of phosphoric acid groups is 1. The Morgan fingerprint density at radius 3 is 2.27 bits per heavy atom. The van der Waals surface area contributed by atoms with Crippen molar-refractivity contribution in [2.75, 3.05) is 33.9 Å². The van der Waals surface area contributed by atoms with Crippen LogP contribution in [-0.4, -0.2) is 56.3 Å². The molecule has 3 N–H and O–H groups in total. The average Bonchev–Trinajstić information content (AvgIpc) is 2.53. The SMILES string of the molecule is CO/N=C(\C)CCNC(=O)CCNC(=O)CC(C)(C)COP(=O)(O)OC. The molecule has 1 unspecified atom stereocenters. The molecule has 0 radical (unpaired) electrons. The van der Waals surface area contributed by atoms with Gasteiger partial charge in [0.15, 0.2) is 0 Å². The molecule has 1 atom stereocenters. The molecular formula is C15H30N3O7P. The van der Waals surface area contributed by atoms with Gasteiger partial charge in [-0.2, -0.15) is 0 Å². The van der Waals surface area contributed by atoms with Crippen LogP contribution in [0.5, 0.6) is 0 Å². The van der Waals surface area contributed by atoms with Crippen LogP contribution in [0.3, 0.4) is 0 Å². The fraction of sp³-hybridized carbons (Fsp3) is 0.800. The van der Waals surface area contributed by atoms with E-state index < -0.39 is 13.2 Å². The number of hydrogen-bond donors (Lipinski definition) is 3. The molecule has 0 rings (SSSR count). The first-order valence-corrected chi connectivity index (χ1v) is 9.64. The number of nitrogens with zero attached hydrogens (tertiary/aromatic N) is 1. The van der Waals surface area contributed by atoms with E-state index >= 15 is 0 Å². The molecule has 26 heavy (non-hydrogen) atoms. The summed E-state index contributed by atoms with van der Waals surface area (Å²) in [5.41, 5.74) is 0.105. The molecule has 0 bridgehead atoms. The van der Waals surface area contributed by atoms with Crippen molar-refractivity contribution in [3.8, 4) is 0 Å². The normalized spacial score (nSPS) is 14.5. The molecule has 0 fully saturated rings. The Morgan fingerprint density at radius 2 is 1.69 bits per heavy atom. The number of rotatable bonds is 13. The highest BCUT2D eigenvalue weighted by Gasteiger charge is 2.28. The summed E-state index contributed by atoms with van der Waals surface area (Å²) in [6.07, 6.45) is 0.806. The maximum atomic E-state index is 11.9. The third kappa shape index (κ3) is 12.8. The van der Waals surface area contributed by atoms with Crippen molar-refractivity contribution in [3.63, 3.8) is 0 Å². The van der Waals surface area contributed by atoms with E-state index in [2.05, 4.69) is 25.2 Å². The zero-order chi connectivity index (χ0) is 20.2. The van der Waals surface area contributed by atoms with E-state index in [4.69, 9.17) is 4.52 Å². The standard InChI is InChI=1S/C15H30N3O7P/c1-12(18-23-4)6-8-16-13(19)7-9-17-14(20)10-15(2,3)11-25-26(21,22)24-5/h6-11H2,1-5H3,(H,16,19)(H,17,20)(H,21,22)/b18-12+. The van der Waals surface area contributed by atoms with Crippen molar-refractivity contribution in [1.29, 1.82) is 0 Å². The van der Waals surface area contributed by atoms with Crippen molar-refractivity contribution in [2.24, 2.45) is 10.6 Å². The highest BCUT2D eigenvalue weighted by molar-refractivity contribution is 7.47. The second-order valence-corrected chi connectivity index (χ2v) is 8.04. The van der Waals surface area contributed by atoms with Crippen LogP contribution in [0.4, 0.5) is 0 Å². The van der Waals surface area contributed by atoms with Gasteiger partial charge >= 0.3 is 7.82 Å². The summed E-state index contributed by atoms with van der Waals surface area (Å²) < 4.78 is 20.4. The lowest BCUT2D eigenvalue weighted by atomic mass is 9.90. The maximum absolute atomic E-state index is 11.9. The van der Waals surface area contributed by atoms with E-state index in [1.807, 2.05) is 0 Å². The van der Waals surface area contributed by atoms with E-state index in [1.165, 1.54) is 7.11 Å². The summed E-state index contributed by atoms with van der Waals surface area (Å²) in [5.74, 6) is -0.459. The molecule has 152 valence electrons. The Labute approximate surface area is 154 Å². The minimum atomic E-state index is -4.07. The molecule has 0 saturated heterocycles. The van der Waals surface area contributed by atoms with Crippen molar-refractivity contribution < 1.29 is 32.9 Å². The quantitative estimate of drug-likeness (QED) is 0.242. The zero-order valence-corrected chi connectivity index (χ0v) is 16.9. The molecule has 0 aliphatic carbocycles. The zero-order valence-electron chi connectivity index (χ0n) is 16.0. The lowest BCUT2D eigenvalue weighted by Gasteiger charge is -2.24. The fourth-order valence-corrected chi connectivity index (χ4v) is 2.46. The Kier molecular flexibility index (Phi) is 11.3. The Balaban J connectivity index is 4.02. The van der Waals surface area contributed by atoms with E-state index in [0.717, 1.165) is 12.8 Å². The second-order valence-electron chi connectivity index (χ2n) is 6.47. The molecular weight excluding hydrogens is 365 g/mol. The number of amides is 2. The molecule has 10 nitrogen and oxygen atoms in total. The van der Waals surface area contributed by atoms with E-state index in [9.17, 15) is 19.0 Å². The number of nitrogens with one attached hydrogen (secondary N) is 2. The Hall–Kier alpha value is -1.48. The third-order valence-corrected chi connectivity index (χ3v) is 4.14. The summed E-state index contributed by atoms with van der Waals surface area (Å²) in [4.78, 5) is 37.4. The molecule has 0 spiro atoms. The predicted octanol–water partition coefficient (Wildman–Crippen LogP) is 1.20. The molecule has 0 aromatic rings. The van der Waals surface area contributed by atoms with Gasteiger partial charge in [0.05, 0.1) is 12.3 Å². The van der Waals surface area contributed by atoms with Crippen LogP contribution in [-0.2, 0) is 28.0 Å². The first-order valence-electron chi connectivity index (χ1n) is 8.14. The number of hydrogen-bond acceptors (Lipinski definition) is 7. The molecule has 0 saturated carbocycles. The highest BCUT2D eigenvalue weighted by atomic mass is 31.2. The second kappa shape index (κ2) is 12.0. The monoisotopic (exact) mass is 395 g/mol. The molecule has 0 aromatic heterocycles. The third-order valence-electron chi connectivity index (χ3n) is 3.22. The van der Waals surface area contributed by atoms with Crippen LogP contribution >= 0.6 is 7.82 Å². The van der Waals surface area contributed by atoms with Crippen molar-refractivity contribution in [3.05, 3.63) is 0 Å². The summed E-state index contributed by atoms with van der Waals surface area (Å²) in [6.45, 7) is 5.76. The summed E-state index contributed by atoms with van der Waals surface area (Å²) >= 11 is 0. The van der Waals surface area contributed by atoms with Gasteiger partial charge in [0.25, 0.3) is 0 Å². The molecule has 11 heteroatoms. The molecule has 2 amide bonds. The van der Waals surface area contributed by atoms with Gasteiger partial charge in [0.2, 0.25) is 11.8 Å². The van der Waals surface area contributed by atoms with Gasteiger partial charge < -0.3 is 20.4 Å². The van der Waals surface area contributed by atoms with Crippen LogP contribution in [0.15, 0.2) is 5.16 Å². The summed E-state index contributed by atoms with van der Waals surface area (Å²) in [5, 5.41) is 9.09. The largest absolute Gasteiger partial charge is 0.471 e. The minimum absolute atomic E-state index is 0.0744. The van der Waals surface area contributed by atoms with Crippen molar-refractivity contribution in [2.45, 2.75) is 40.0 Å². The van der Waals surface area contributed by atoms with E-state index in [-0.39, 0.29) is 37.8 Å². The Morgan fingerprint density at radius 1 is 1.12 bits per heavy atom. The van der Waals surface area contributed by atoms with E-state index in [0.29, 0.717) is 13.0 Å². The van der Waals surface area contributed by atoms with Gasteiger partial charge in [0, 0.05) is 39.5 Å². The fourth-order valence-electron chi connectivity index (χ4n) is 1.85. The van der Waals surface area contributed by atoms with Crippen LogP contribution < -0.4 is 10.6 Å². The van der Waals surface area contributed by atoms with Gasteiger partial charge in [-0.3, -0.25) is 18.6 Å². The van der Waals surface area contributed by atoms with Gasteiger partial charge in [-0.15, -0.1) is 0 Å². The lowest BCUT2D eigenvalue weighted by Crippen LogP contribution is -2.34. The lowest BCUT2D eigenvalue weighted by molar-refractivity contribution is -0.124. The number of oxime groups is 1. The van der Waals surface area contributed by atoms with Gasteiger partial charge in [0.1, 0.15) is 7.11 Å². The first-order chi connectivity index (χ1) is 12.0. The Bertz CT molecular complexity index is 537. The predicted molar refractivity (Wildman–Crippen MR) is 96.6 cm³/mol. The highest BCUT2D eigenvalue weighted by Crippen LogP contribution is 2.43. The van der Waals surface area contributed by atoms with Crippen LogP contribution in [0.1, 0.15) is 40.0 Å². The summed E-state index contributed by atoms with van der Waals surface area (Å²) in [6, 6.07) is 0. The molecule has 0 aromatic carbocycles. The van der Waals surface area contributed by atoms with E-state index in [1.54, 1.807) is 20.8 Å². The van der Waals surface area contributed by atoms with Crippen LogP contribution in [0.2, 0.25) is 0 Å². The number of phosphoric ester groups is 1. The molecule has 0 aliphatic rings. The van der Waals surface area contributed by atoms with Gasteiger partial charge in [-0.1, -0.05) is 19.0 Å². The first kappa shape index (κ1) is 24.5. The topological polar surface area (TPSA) is 136 Å². The maximum Gasteiger partial charge on any atom is 0.471 e. The number of carbonyl (C=O) groups excluding carboxylic acids is 2. The van der Waals surface area contributed by atoms with Crippen molar-refractivity contribution in [1.82, 2.24) is 10.6 Å². The van der Waals surface area contributed by atoms with Gasteiger partial charge in [-0.25, -0.2) is 4.57 Å². The molecule has 0 heterocycles. The van der Waals surface area contributed by atoms with Crippen LogP contribution in [0.25, 0.3) is 0 Å². The smallest absolute Gasteiger partial charge is 0.399 e. The van der Waals surface area contributed by atoms with Crippen LogP contribution in [0, 0.1) is 5.41 Å². The minimum Gasteiger partial charge on any atom is -0.399 e. The molecule has 0 aliphatic heterocycles. The average molecular weight is 395 g/mol. The van der Waals surface area contributed by atoms with Crippen molar-refractivity contribution >= 4 is 25.3 Å². The number of carbonyl (C=O) groups is 2.